The number of nitrogens with zero attached hydrogens (tertiary/aromatic N) is 2. The Hall–Kier alpha value is -2.17. The molecule has 0 fully saturated rings. The van der Waals surface area contributed by atoms with Gasteiger partial charge in [-0.3, -0.25) is 0 Å². The van der Waals surface area contributed by atoms with Crippen molar-refractivity contribution in [2.45, 2.75) is 6.42 Å². The number of carbonyl (C=O) groups excluding carboxylic acids is 1. The van der Waals surface area contributed by atoms with Crippen LogP contribution < -0.4 is 0 Å². The van der Waals surface area contributed by atoms with Crippen LogP contribution in [0, 0.1) is 0 Å². The van der Waals surface area contributed by atoms with Crippen LogP contribution in [0.15, 0.2) is 34.7 Å². The van der Waals surface area contributed by atoms with Gasteiger partial charge in [-0.15, -0.1) is 10.2 Å². The molecule has 1 aromatic carbocycles. The van der Waals surface area contributed by atoms with E-state index in [1.807, 2.05) is 30.3 Å². The van der Waals surface area contributed by atoms with Gasteiger partial charge in [-0.05, 0) is 5.56 Å². The fourth-order valence-electron chi connectivity index (χ4n) is 1.27. The molecule has 0 aliphatic carbocycles. The van der Waals surface area contributed by atoms with E-state index in [-0.39, 0.29) is 5.89 Å². The lowest BCUT2D eigenvalue weighted by molar-refractivity contribution is 0.0554. The van der Waals surface area contributed by atoms with Crippen molar-refractivity contribution in [1.29, 1.82) is 0 Å². The highest BCUT2D eigenvalue weighted by molar-refractivity contribution is 5.83. The summed E-state index contributed by atoms with van der Waals surface area (Å²) in [6.45, 7) is 0. The number of hydrogen-bond acceptors (Lipinski definition) is 5. The first-order valence-electron chi connectivity index (χ1n) is 4.74. The van der Waals surface area contributed by atoms with E-state index >= 15 is 0 Å². The minimum absolute atomic E-state index is 0.117. The third-order valence-corrected chi connectivity index (χ3v) is 2.03. The monoisotopic (exact) mass is 218 g/mol. The number of esters is 1. The molecule has 0 radical (unpaired) electrons. The Kier molecular flexibility index (Phi) is 2.95. The van der Waals surface area contributed by atoms with Crippen molar-refractivity contribution in [2.24, 2.45) is 0 Å². The van der Waals surface area contributed by atoms with E-state index in [1.165, 1.54) is 7.11 Å². The number of benzene rings is 1. The van der Waals surface area contributed by atoms with E-state index in [9.17, 15) is 4.79 Å². The van der Waals surface area contributed by atoms with Crippen molar-refractivity contribution >= 4 is 5.97 Å². The van der Waals surface area contributed by atoms with Gasteiger partial charge in [0.2, 0.25) is 5.89 Å². The molecule has 0 aliphatic rings. The van der Waals surface area contributed by atoms with Crippen LogP contribution in [0.2, 0.25) is 0 Å². The van der Waals surface area contributed by atoms with Crippen LogP contribution in [0.1, 0.15) is 22.1 Å². The molecule has 0 unspecified atom stereocenters. The Bertz CT molecular complexity index is 479. The number of aromatic nitrogens is 2. The molecule has 2 aromatic rings. The van der Waals surface area contributed by atoms with Gasteiger partial charge < -0.3 is 9.15 Å². The summed E-state index contributed by atoms with van der Waals surface area (Å²) in [6, 6.07) is 9.67. The van der Waals surface area contributed by atoms with Crippen LogP contribution in [0.25, 0.3) is 0 Å². The Morgan fingerprint density at radius 2 is 2.06 bits per heavy atom. The van der Waals surface area contributed by atoms with Crippen molar-refractivity contribution in [2.75, 3.05) is 7.11 Å². The molecule has 0 saturated carbocycles. The van der Waals surface area contributed by atoms with Crippen molar-refractivity contribution in [3.8, 4) is 0 Å². The summed E-state index contributed by atoms with van der Waals surface area (Å²) in [4.78, 5) is 11.1. The Morgan fingerprint density at radius 1 is 1.31 bits per heavy atom. The lowest BCUT2D eigenvalue weighted by Gasteiger charge is -1.94. The molecule has 0 aliphatic heterocycles. The van der Waals surface area contributed by atoms with E-state index < -0.39 is 5.97 Å². The average molecular weight is 218 g/mol. The largest absolute Gasteiger partial charge is 0.462 e. The molecule has 0 atom stereocenters. The maximum atomic E-state index is 11.1. The van der Waals surface area contributed by atoms with Crippen molar-refractivity contribution in [3.63, 3.8) is 0 Å². The first kappa shape index (κ1) is 10.4. The molecule has 16 heavy (non-hydrogen) atoms. The van der Waals surface area contributed by atoms with E-state index in [0.29, 0.717) is 12.3 Å². The maximum absolute atomic E-state index is 11.1. The van der Waals surface area contributed by atoms with Crippen LogP contribution in [0.4, 0.5) is 0 Å². The molecule has 82 valence electrons. The highest BCUT2D eigenvalue weighted by Gasteiger charge is 2.14. The lowest BCUT2D eigenvalue weighted by atomic mass is 10.2. The summed E-state index contributed by atoms with van der Waals surface area (Å²) >= 11 is 0. The maximum Gasteiger partial charge on any atom is 0.396 e. The SMILES string of the molecule is COC(=O)c1nnc(Cc2ccccc2)o1. The Labute approximate surface area is 92.1 Å². The van der Waals surface area contributed by atoms with Crippen LogP contribution in [0.5, 0.6) is 0 Å². The predicted octanol–water partition coefficient (Wildman–Crippen LogP) is 1.45. The van der Waals surface area contributed by atoms with Crippen LogP contribution in [0.3, 0.4) is 0 Å². The highest BCUT2D eigenvalue weighted by Crippen LogP contribution is 2.08. The third kappa shape index (κ3) is 2.25. The second kappa shape index (κ2) is 4.57. The van der Waals surface area contributed by atoms with Crippen molar-refractivity contribution in [3.05, 3.63) is 47.7 Å². The van der Waals surface area contributed by atoms with E-state index in [1.54, 1.807) is 0 Å². The molecular weight excluding hydrogens is 208 g/mol. The topological polar surface area (TPSA) is 65.2 Å². The summed E-state index contributed by atoms with van der Waals surface area (Å²) in [6.07, 6.45) is 0.505. The van der Waals surface area contributed by atoms with Gasteiger partial charge in [0.15, 0.2) is 0 Å². The van der Waals surface area contributed by atoms with Gasteiger partial charge >= 0.3 is 11.9 Å². The van der Waals surface area contributed by atoms with Crippen LogP contribution in [-0.2, 0) is 11.2 Å². The zero-order chi connectivity index (χ0) is 11.4. The highest BCUT2D eigenvalue weighted by atomic mass is 16.5. The molecule has 5 heteroatoms. The Morgan fingerprint density at radius 3 is 2.75 bits per heavy atom. The van der Waals surface area contributed by atoms with E-state index in [2.05, 4.69) is 14.9 Å². The van der Waals surface area contributed by atoms with Gasteiger partial charge in [0.1, 0.15) is 0 Å². The third-order valence-electron chi connectivity index (χ3n) is 2.03. The second-order valence-electron chi connectivity index (χ2n) is 3.15. The van der Waals surface area contributed by atoms with Crippen molar-refractivity contribution < 1.29 is 13.9 Å². The van der Waals surface area contributed by atoms with Crippen LogP contribution >= 0.6 is 0 Å². The summed E-state index contributed by atoms with van der Waals surface area (Å²) in [5, 5.41) is 7.35. The van der Waals surface area contributed by atoms with Gasteiger partial charge in [-0.2, -0.15) is 0 Å². The van der Waals surface area contributed by atoms with Gasteiger partial charge in [0.25, 0.3) is 0 Å². The molecule has 0 bridgehead atoms. The van der Waals surface area contributed by atoms with Gasteiger partial charge in [0, 0.05) is 0 Å². The molecule has 0 amide bonds. The summed E-state index contributed by atoms with van der Waals surface area (Å²) in [5.41, 5.74) is 1.04. The zero-order valence-corrected chi connectivity index (χ0v) is 8.71. The van der Waals surface area contributed by atoms with E-state index in [4.69, 9.17) is 4.42 Å². The number of rotatable bonds is 3. The summed E-state index contributed by atoms with van der Waals surface area (Å²) < 4.78 is 9.61. The quantitative estimate of drug-likeness (QED) is 0.729. The van der Waals surface area contributed by atoms with Gasteiger partial charge in [-0.25, -0.2) is 4.79 Å². The molecule has 0 spiro atoms. The second-order valence-corrected chi connectivity index (χ2v) is 3.15. The average Bonchev–Trinajstić information content (AvgIpc) is 2.78. The number of carbonyl (C=O) groups is 1. The first-order chi connectivity index (χ1) is 7.79. The van der Waals surface area contributed by atoms with Crippen LogP contribution in [-0.4, -0.2) is 23.3 Å². The molecule has 1 aromatic heterocycles. The first-order valence-corrected chi connectivity index (χ1v) is 4.74. The number of hydrogen-bond donors (Lipinski definition) is 0. The standard InChI is InChI=1S/C11H10N2O3/c1-15-11(14)10-13-12-9(16-10)7-8-5-3-2-4-6-8/h2-6H,7H2,1H3. The number of methoxy groups -OCH3 is 1. The molecule has 0 N–H and O–H groups in total. The molecule has 5 nitrogen and oxygen atoms in total. The minimum atomic E-state index is -0.619. The predicted molar refractivity (Wildman–Crippen MR) is 54.9 cm³/mol. The van der Waals surface area contributed by atoms with E-state index in [0.717, 1.165) is 5.56 Å². The molecular formula is C11H10N2O3. The lowest BCUT2D eigenvalue weighted by Crippen LogP contribution is -2.00. The van der Waals surface area contributed by atoms with Gasteiger partial charge in [0.05, 0.1) is 13.5 Å². The smallest absolute Gasteiger partial charge is 0.396 e. The van der Waals surface area contributed by atoms with Crippen molar-refractivity contribution in [1.82, 2.24) is 10.2 Å². The normalized spacial score (nSPS) is 10.1. The Balaban J connectivity index is 2.12. The fourth-order valence-corrected chi connectivity index (χ4v) is 1.27. The van der Waals surface area contributed by atoms with Gasteiger partial charge in [-0.1, -0.05) is 30.3 Å². The summed E-state index contributed by atoms with van der Waals surface area (Å²) in [7, 11) is 1.27. The molecule has 1 heterocycles. The summed E-state index contributed by atoms with van der Waals surface area (Å²) in [5.74, 6) is -0.341. The fraction of sp³-hybridized carbons (Fsp3) is 0.182. The minimum Gasteiger partial charge on any atom is -0.462 e. The molecule has 0 saturated heterocycles. The number of ether oxygens (including phenoxy) is 1. The zero-order valence-electron chi connectivity index (χ0n) is 8.71. The molecule has 2 rings (SSSR count).